The van der Waals surface area contributed by atoms with Crippen LogP contribution in [-0.2, 0) is 23.9 Å². The minimum absolute atomic E-state index is 0.0855. The molecule has 0 bridgehead atoms. The highest BCUT2D eigenvalue weighted by atomic mass is 16.5. The predicted octanol–water partition coefficient (Wildman–Crippen LogP) is 2.37. The number of hydrogen-bond acceptors (Lipinski definition) is 5. The van der Waals surface area contributed by atoms with Gasteiger partial charge in [-0.25, -0.2) is 0 Å². The molecule has 2 aromatic rings. The monoisotopic (exact) mass is 380 g/mol. The molecule has 0 radical (unpaired) electrons. The van der Waals surface area contributed by atoms with Crippen LogP contribution in [0.1, 0.15) is 30.1 Å². The number of carbonyl (C=O) groups is 4. The number of rotatable bonds is 6. The Hall–Kier alpha value is -3.48. The van der Waals surface area contributed by atoms with Crippen LogP contribution in [0.15, 0.2) is 54.6 Å². The molecule has 0 saturated carbocycles. The lowest BCUT2D eigenvalue weighted by molar-refractivity contribution is -0.159. The fourth-order valence-electron chi connectivity index (χ4n) is 2.84. The van der Waals surface area contributed by atoms with Crippen molar-refractivity contribution in [1.29, 1.82) is 0 Å². The average Bonchev–Trinajstić information content (AvgIpc) is 3.00. The molecule has 3 rings (SSSR count). The van der Waals surface area contributed by atoms with Crippen LogP contribution in [0, 0.1) is 6.92 Å². The molecule has 1 heterocycles. The maximum Gasteiger partial charge on any atom is 0.327 e. The number of anilines is 1. The number of aryl methyl sites for hydroxylation is 1. The van der Waals surface area contributed by atoms with Crippen molar-refractivity contribution in [1.82, 2.24) is 4.90 Å². The summed E-state index contributed by atoms with van der Waals surface area (Å²) in [6, 6.07) is 15.8. The number of likely N-dealkylation sites (tertiary alicyclic amines) is 1. The molecule has 1 aliphatic rings. The smallest absolute Gasteiger partial charge is 0.327 e. The second-order valence-corrected chi connectivity index (χ2v) is 6.51. The van der Waals surface area contributed by atoms with E-state index in [1.165, 1.54) is 0 Å². The zero-order valence-electron chi connectivity index (χ0n) is 15.4. The first-order valence-electron chi connectivity index (χ1n) is 8.89. The Bertz CT molecular complexity index is 877. The fraction of sp³-hybridized carbons (Fsp3) is 0.238. The average molecular weight is 380 g/mol. The van der Waals surface area contributed by atoms with Gasteiger partial charge in [-0.2, -0.15) is 0 Å². The summed E-state index contributed by atoms with van der Waals surface area (Å²) in [5.41, 5.74) is 2.10. The van der Waals surface area contributed by atoms with Gasteiger partial charge in [0.2, 0.25) is 17.9 Å². The lowest BCUT2D eigenvalue weighted by atomic mass is 10.1. The van der Waals surface area contributed by atoms with E-state index >= 15 is 0 Å². The maximum atomic E-state index is 12.8. The van der Waals surface area contributed by atoms with Crippen LogP contribution >= 0.6 is 0 Å². The fourth-order valence-corrected chi connectivity index (χ4v) is 2.84. The Balaban J connectivity index is 1.74. The summed E-state index contributed by atoms with van der Waals surface area (Å²) in [5, 5.41) is 2.72. The van der Waals surface area contributed by atoms with Gasteiger partial charge in [-0.1, -0.05) is 48.0 Å². The zero-order chi connectivity index (χ0) is 20.1. The first-order chi connectivity index (χ1) is 13.4. The molecule has 7 heteroatoms. The molecule has 0 spiro atoms. The first-order valence-corrected chi connectivity index (χ1v) is 8.89. The number of nitrogens with one attached hydrogen (secondary N) is 1. The molecule has 144 valence electrons. The Morgan fingerprint density at radius 2 is 1.61 bits per heavy atom. The van der Waals surface area contributed by atoms with Gasteiger partial charge >= 0.3 is 5.97 Å². The summed E-state index contributed by atoms with van der Waals surface area (Å²) in [6.45, 7) is 1.43. The summed E-state index contributed by atoms with van der Waals surface area (Å²) >= 11 is 0. The number of imide groups is 1. The van der Waals surface area contributed by atoms with Gasteiger partial charge in [0.15, 0.2) is 0 Å². The van der Waals surface area contributed by atoms with Crippen LogP contribution in [0.3, 0.4) is 0 Å². The van der Waals surface area contributed by atoms with Crippen molar-refractivity contribution in [2.75, 3.05) is 11.9 Å². The second-order valence-electron chi connectivity index (χ2n) is 6.51. The number of esters is 1. The second kappa shape index (κ2) is 8.47. The number of carbonyl (C=O) groups excluding carboxylic acids is 4. The third-order valence-corrected chi connectivity index (χ3v) is 4.35. The Kier molecular flexibility index (Phi) is 5.84. The van der Waals surface area contributed by atoms with Gasteiger partial charge < -0.3 is 10.1 Å². The molecule has 1 saturated heterocycles. The zero-order valence-corrected chi connectivity index (χ0v) is 15.4. The SMILES string of the molecule is Cc1ccc(NC(=O)C(OC(=O)CN2C(=O)CCC2=O)c2ccccc2)cc1. The van der Waals surface area contributed by atoms with Crippen LogP contribution < -0.4 is 5.32 Å². The van der Waals surface area contributed by atoms with Gasteiger partial charge in [0.1, 0.15) is 6.54 Å². The van der Waals surface area contributed by atoms with Crippen molar-refractivity contribution < 1.29 is 23.9 Å². The van der Waals surface area contributed by atoms with Gasteiger partial charge in [0, 0.05) is 24.1 Å². The van der Waals surface area contributed by atoms with E-state index in [4.69, 9.17) is 4.74 Å². The molecule has 28 heavy (non-hydrogen) atoms. The lowest BCUT2D eigenvalue weighted by Crippen LogP contribution is -2.37. The summed E-state index contributed by atoms with van der Waals surface area (Å²) in [7, 11) is 0. The molecule has 1 fully saturated rings. The van der Waals surface area contributed by atoms with Crippen molar-refractivity contribution in [2.45, 2.75) is 25.9 Å². The number of benzene rings is 2. The van der Waals surface area contributed by atoms with Crippen molar-refractivity contribution in [3.05, 3.63) is 65.7 Å². The van der Waals surface area contributed by atoms with Crippen LogP contribution in [0.4, 0.5) is 5.69 Å². The van der Waals surface area contributed by atoms with E-state index in [9.17, 15) is 19.2 Å². The first kappa shape index (κ1) is 19.3. The van der Waals surface area contributed by atoms with Crippen LogP contribution in [0.2, 0.25) is 0 Å². The molecular weight excluding hydrogens is 360 g/mol. The van der Waals surface area contributed by atoms with E-state index in [0.29, 0.717) is 11.3 Å². The Morgan fingerprint density at radius 1 is 1.00 bits per heavy atom. The number of nitrogens with zero attached hydrogens (tertiary/aromatic N) is 1. The van der Waals surface area contributed by atoms with E-state index in [1.54, 1.807) is 42.5 Å². The third-order valence-electron chi connectivity index (χ3n) is 4.35. The van der Waals surface area contributed by atoms with E-state index in [-0.39, 0.29) is 12.8 Å². The van der Waals surface area contributed by atoms with Gasteiger partial charge in [-0.3, -0.25) is 24.1 Å². The minimum atomic E-state index is -1.21. The molecule has 3 amide bonds. The normalized spacial score (nSPS) is 14.7. The van der Waals surface area contributed by atoms with Gasteiger partial charge in [-0.15, -0.1) is 0 Å². The van der Waals surface area contributed by atoms with E-state index in [2.05, 4.69) is 5.32 Å². The number of hydrogen-bond donors (Lipinski definition) is 1. The lowest BCUT2D eigenvalue weighted by Gasteiger charge is -2.20. The molecule has 2 aromatic carbocycles. The van der Waals surface area contributed by atoms with Gasteiger partial charge in [0.25, 0.3) is 5.91 Å². The highest BCUT2D eigenvalue weighted by Crippen LogP contribution is 2.21. The molecule has 7 nitrogen and oxygen atoms in total. The number of amides is 3. The molecule has 0 aliphatic carbocycles. The summed E-state index contributed by atoms with van der Waals surface area (Å²) < 4.78 is 5.36. The quantitative estimate of drug-likeness (QED) is 0.613. The molecule has 1 unspecified atom stereocenters. The summed E-state index contributed by atoms with van der Waals surface area (Å²) in [6.07, 6.45) is -1.03. The third kappa shape index (κ3) is 4.62. The molecule has 1 atom stereocenters. The largest absolute Gasteiger partial charge is 0.446 e. The van der Waals surface area contributed by atoms with Crippen molar-refractivity contribution >= 4 is 29.4 Å². The molecule has 0 aromatic heterocycles. The molecule has 1 aliphatic heterocycles. The predicted molar refractivity (Wildman–Crippen MR) is 101 cm³/mol. The molecule has 1 N–H and O–H groups in total. The summed E-state index contributed by atoms with van der Waals surface area (Å²) in [4.78, 5) is 49.3. The van der Waals surface area contributed by atoms with Crippen molar-refractivity contribution in [3.8, 4) is 0 Å². The standard InChI is InChI=1S/C21H20N2O5/c1-14-7-9-16(10-8-14)22-21(27)20(15-5-3-2-4-6-15)28-19(26)13-23-17(24)11-12-18(23)25/h2-10,20H,11-13H2,1H3,(H,22,27). The van der Waals surface area contributed by atoms with E-state index in [0.717, 1.165) is 10.5 Å². The topological polar surface area (TPSA) is 92.8 Å². The van der Waals surface area contributed by atoms with Crippen LogP contribution in [0.25, 0.3) is 0 Å². The number of ether oxygens (including phenoxy) is 1. The maximum absolute atomic E-state index is 12.8. The van der Waals surface area contributed by atoms with Crippen molar-refractivity contribution in [2.24, 2.45) is 0 Å². The minimum Gasteiger partial charge on any atom is -0.446 e. The van der Waals surface area contributed by atoms with Gasteiger partial charge in [0.05, 0.1) is 0 Å². The highest BCUT2D eigenvalue weighted by molar-refractivity contribution is 6.04. The highest BCUT2D eigenvalue weighted by Gasteiger charge is 2.33. The Morgan fingerprint density at radius 3 is 2.21 bits per heavy atom. The van der Waals surface area contributed by atoms with Crippen LogP contribution in [-0.4, -0.2) is 35.1 Å². The molecular formula is C21H20N2O5. The Labute approximate surface area is 162 Å². The van der Waals surface area contributed by atoms with E-state index < -0.39 is 36.3 Å². The van der Waals surface area contributed by atoms with E-state index in [1.807, 2.05) is 19.1 Å². The van der Waals surface area contributed by atoms with Crippen LogP contribution in [0.5, 0.6) is 0 Å². The van der Waals surface area contributed by atoms with Gasteiger partial charge in [-0.05, 0) is 19.1 Å². The van der Waals surface area contributed by atoms with Crippen molar-refractivity contribution in [3.63, 3.8) is 0 Å². The summed E-state index contributed by atoms with van der Waals surface area (Å²) in [5.74, 6) is -2.18.